The molecule has 1 aromatic carbocycles. The Morgan fingerprint density at radius 2 is 1.89 bits per heavy atom. The number of ether oxygens (including phenoxy) is 2. The van der Waals surface area contributed by atoms with E-state index in [-0.39, 0.29) is 18.3 Å². The van der Waals surface area contributed by atoms with Gasteiger partial charge in [-0.15, -0.1) is 0 Å². The molecular formula is C17H22O2. The number of hydrogen-bond acceptors (Lipinski definition) is 2. The van der Waals surface area contributed by atoms with Crippen molar-refractivity contribution in [3.8, 4) is 5.75 Å². The van der Waals surface area contributed by atoms with Crippen molar-refractivity contribution in [2.24, 2.45) is 11.8 Å². The van der Waals surface area contributed by atoms with E-state index in [4.69, 9.17) is 9.47 Å². The molecule has 0 aliphatic carbocycles. The molecule has 5 atom stereocenters. The van der Waals surface area contributed by atoms with Gasteiger partial charge in [-0.1, -0.05) is 30.7 Å². The number of fused-ring (bicyclic) bond motifs is 3. The zero-order valence-corrected chi connectivity index (χ0v) is 12.1. The minimum absolute atomic E-state index is 0.129. The highest BCUT2D eigenvalue weighted by molar-refractivity contribution is 5.39. The maximum absolute atomic E-state index is 6.22. The lowest BCUT2D eigenvalue weighted by atomic mass is 9.79. The van der Waals surface area contributed by atoms with E-state index in [1.54, 1.807) is 0 Å². The lowest BCUT2D eigenvalue weighted by molar-refractivity contribution is 0.0102. The van der Waals surface area contributed by atoms with Crippen molar-refractivity contribution in [2.45, 2.75) is 46.0 Å². The normalized spacial score (nSPS) is 36.1. The van der Waals surface area contributed by atoms with Crippen molar-refractivity contribution in [1.82, 2.24) is 0 Å². The minimum atomic E-state index is 0.129. The van der Waals surface area contributed by atoms with Gasteiger partial charge in [0.15, 0.2) is 0 Å². The van der Waals surface area contributed by atoms with Crippen molar-refractivity contribution in [3.05, 3.63) is 41.5 Å². The predicted octanol–water partition coefficient (Wildman–Crippen LogP) is 4.13. The van der Waals surface area contributed by atoms with E-state index in [0.717, 1.165) is 5.75 Å². The molecule has 1 aromatic rings. The van der Waals surface area contributed by atoms with Gasteiger partial charge in [0, 0.05) is 11.5 Å². The fourth-order valence-electron chi connectivity index (χ4n) is 3.31. The molecule has 19 heavy (non-hydrogen) atoms. The molecule has 1 fully saturated rings. The van der Waals surface area contributed by atoms with Gasteiger partial charge in [-0.3, -0.25) is 0 Å². The first-order valence-corrected chi connectivity index (χ1v) is 7.14. The average molecular weight is 258 g/mol. The second-order valence-electron chi connectivity index (χ2n) is 6.06. The molecule has 1 saturated heterocycles. The van der Waals surface area contributed by atoms with Crippen molar-refractivity contribution in [2.75, 3.05) is 0 Å². The molecule has 0 bridgehead atoms. The van der Waals surface area contributed by atoms with Crippen LogP contribution in [0.1, 0.15) is 39.4 Å². The lowest BCUT2D eigenvalue weighted by Gasteiger charge is -2.35. The first kappa shape index (κ1) is 12.7. The van der Waals surface area contributed by atoms with Crippen LogP contribution in [-0.2, 0) is 4.74 Å². The van der Waals surface area contributed by atoms with Gasteiger partial charge in [-0.05, 0) is 38.8 Å². The summed E-state index contributed by atoms with van der Waals surface area (Å²) in [5.74, 6) is 1.91. The van der Waals surface area contributed by atoms with Crippen LogP contribution in [0.2, 0.25) is 0 Å². The fourth-order valence-corrected chi connectivity index (χ4v) is 3.31. The summed E-state index contributed by atoms with van der Waals surface area (Å²) in [6, 6.07) is 8.28. The maximum Gasteiger partial charge on any atom is 0.126 e. The van der Waals surface area contributed by atoms with Crippen LogP contribution in [0.3, 0.4) is 0 Å². The van der Waals surface area contributed by atoms with E-state index in [1.807, 2.05) is 6.07 Å². The molecule has 0 saturated carbocycles. The summed E-state index contributed by atoms with van der Waals surface area (Å²) in [5.41, 5.74) is 2.51. The second-order valence-corrected chi connectivity index (χ2v) is 6.06. The standard InChI is InChI=1S/C17H22O2/c1-10(2)9-15-16-11(3)12(4)18-17(16)13-7-5-6-8-14(13)19-15/h5-9,11-12,15-17H,1-4H3/t11-,12+,15+,16+,17-/m1/s1. The van der Waals surface area contributed by atoms with E-state index in [0.29, 0.717) is 11.8 Å². The molecule has 0 amide bonds. The van der Waals surface area contributed by atoms with Gasteiger partial charge in [0.2, 0.25) is 0 Å². The van der Waals surface area contributed by atoms with E-state index in [9.17, 15) is 0 Å². The third-order valence-electron chi connectivity index (χ3n) is 4.42. The summed E-state index contributed by atoms with van der Waals surface area (Å²) in [6.07, 6.45) is 2.84. The van der Waals surface area contributed by atoms with Gasteiger partial charge in [0.05, 0.1) is 12.2 Å². The average Bonchev–Trinajstić information content (AvgIpc) is 2.66. The van der Waals surface area contributed by atoms with Crippen LogP contribution < -0.4 is 4.74 Å². The quantitative estimate of drug-likeness (QED) is 0.705. The molecular weight excluding hydrogens is 236 g/mol. The Bertz CT molecular complexity index is 502. The summed E-state index contributed by atoms with van der Waals surface area (Å²) in [5, 5.41) is 0. The number of allylic oxidation sites excluding steroid dienone is 1. The summed E-state index contributed by atoms with van der Waals surface area (Å²) in [4.78, 5) is 0. The third kappa shape index (κ3) is 2.08. The lowest BCUT2D eigenvalue weighted by Crippen LogP contribution is -2.35. The summed E-state index contributed by atoms with van der Waals surface area (Å²) in [6.45, 7) is 8.70. The molecule has 2 heterocycles. The molecule has 0 radical (unpaired) electrons. The number of benzene rings is 1. The Labute approximate surface area is 115 Å². The Hall–Kier alpha value is -1.28. The fraction of sp³-hybridized carbons (Fsp3) is 0.529. The summed E-state index contributed by atoms with van der Waals surface area (Å²) in [7, 11) is 0. The van der Waals surface area contributed by atoms with Crippen LogP contribution in [-0.4, -0.2) is 12.2 Å². The number of hydrogen-bond donors (Lipinski definition) is 0. The molecule has 0 aromatic heterocycles. The summed E-state index contributed by atoms with van der Waals surface area (Å²) >= 11 is 0. The van der Waals surface area contributed by atoms with Crippen LogP contribution in [0.4, 0.5) is 0 Å². The predicted molar refractivity (Wildman–Crippen MR) is 76.2 cm³/mol. The van der Waals surface area contributed by atoms with Crippen molar-refractivity contribution in [3.63, 3.8) is 0 Å². The highest BCUT2D eigenvalue weighted by Crippen LogP contribution is 2.50. The van der Waals surface area contributed by atoms with Crippen LogP contribution in [0.25, 0.3) is 0 Å². The van der Waals surface area contributed by atoms with E-state index in [2.05, 4.69) is 52.0 Å². The monoisotopic (exact) mass is 258 g/mol. The molecule has 2 aliphatic heterocycles. The molecule has 102 valence electrons. The van der Waals surface area contributed by atoms with E-state index in [1.165, 1.54) is 11.1 Å². The Kier molecular flexibility index (Phi) is 3.14. The van der Waals surface area contributed by atoms with Crippen molar-refractivity contribution >= 4 is 0 Å². The topological polar surface area (TPSA) is 18.5 Å². The van der Waals surface area contributed by atoms with Gasteiger partial charge in [-0.2, -0.15) is 0 Å². The Morgan fingerprint density at radius 3 is 2.63 bits per heavy atom. The third-order valence-corrected chi connectivity index (χ3v) is 4.42. The van der Waals surface area contributed by atoms with Crippen molar-refractivity contribution in [1.29, 1.82) is 0 Å². The maximum atomic E-state index is 6.22. The van der Waals surface area contributed by atoms with Gasteiger partial charge >= 0.3 is 0 Å². The zero-order chi connectivity index (χ0) is 13.6. The van der Waals surface area contributed by atoms with Crippen LogP contribution in [0.5, 0.6) is 5.75 Å². The molecule has 2 nitrogen and oxygen atoms in total. The highest BCUT2D eigenvalue weighted by Gasteiger charge is 2.48. The molecule has 0 N–H and O–H groups in total. The van der Waals surface area contributed by atoms with Crippen LogP contribution in [0.15, 0.2) is 35.9 Å². The first-order valence-electron chi connectivity index (χ1n) is 7.14. The number of rotatable bonds is 1. The van der Waals surface area contributed by atoms with Crippen molar-refractivity contribution < 1.29 is 9.47 Å². The number of para-hydroxylation sites is 1. The van der Waals surface area contributed by atoms with Gasteiger partial charge in [-0.25, -0.2) is 0 Å². The van der Waals surface area contributed by atoms with Gasteiger partial charge < -0.3 is 9.47 Å². The minimum Gasteiger partial charge on any atom is -0.486 e. The molecule has 0 spiro atoms. The smallest absolute Gasteiger partial charge is 0.126 e. The molecule has 3 rings (SSSR count). The highest BCUT2D eigenvalue weighted by atomic mass is 16.5. The first-order chi connectivity index (χ1) is 9.08. The Morgan fingerprint density at radius 1 is 1.16 bits per heavy atom. The second kappa shape index (κ2) is 4.68. The SMILES string of the molecule is CC(C)=C[C@@H]1Oc2ccccc2[C@H]2O[C@@H](C)[C@@H](C)[C@@H]12. The van der Waals surface area contributed by atoms with Crippen LogP contribution in [0, 0.1) is 11.8 Å². The molecule has 2 heteroatoms. The zero-order valence-electron chi connectivity index (χ0n) is 12.1. The van der Waals surface area contributed by atoms with E-state index < -0.39 is 0 Å². The summed E-state index contributed by atoms with van der Waals surface area (Å²) < 4.78 is 12.4. The van der Waals surface area contributed by atoms with Crippen LogP contribution >= 0.6 is 0 Å². The van der Waals surface area contributed by atoms with Gasteiger partial charge in [0.1, 0.15) is 11.9 Å². The van der Waals surface area contributed by atoms with Gasteiger partial charge in [0.25, 0.3) is 0 Å². The largest absolute Gasteiger partial charge is 0.486 e. The molecule has 0 unspecified atom stereocenters. The molecule has 2 aliphatic rings. The van der Waals surface area contributed by atoms with E-state index >= 15 is 0 Å². The Balaban J connectivity index is 2.05.